The van der Waals surface area contributed by atoms with Crippen LogP contribution in [0.5, 0.6) is 5.75 Å². The molecular weight excluding hydrogens is 301 g/mol. The molecule has 0 N–H and O–H groups in total. The van der Waals surface area contributed by atoms with Crippen molar-refractivity contribution in [3.63, 3.8) is 0 Å². The van der Waals surface area contributed by atoms with Crippen molar-refractivity contribution in [1.29, 1.82) is 0 Å². The van der Waals surface area contributed by atoms with E-state index in [1.165, 1.54) is 0 Å². The largest absolute Gasteiger partial charge is 0.573 e. The fourth-order valence-corrected chi connectivity index (χ4v) is 1.94. The van der Waals surface area contributed by atoms with Crippen LogP contribution in [0, 0.1) is 4.91 Å². The molecule has 0 amide bonds. The predicted octanol–water partition coefficient (Wildman–Crippen LogP) is 4.79. The Morgan fingerprint density at radius 3 is 2.59 bits per heavy atom. The van der Waals surface area contributed by atoms with Crippen LogP contribution in [0.1, 0.15) is 0 Å². The van der Waals surface area contributed by atoms with Gasteiger partial charge in [-0.2, -0.15) is 0 Å². The number of oxazole rings is 1. The van der Waals surface area contributed by atoms with Crippen LogP contribution in [0.3, 0.4) is 0 Å². The second-order valence-electron chi connectivity index (χ2n) is 4.31. The third-order valence-corrected chi connectivity index (χ3v) is 2.82. The molecule has 2 aromatic carbocycles. The van der Waals surface area contributed by atoms with Crippen LogP contribution in [0.2, 0.25) is 0 Å². The maximum atomic E-state index is 12.5. The van der Waals surface area contributed by atoms with E-state index < -0.39 is 12.1 Å². The first kappa shape index (κ1) is 14.1. The van der Waals surface area contributed by atoms with Crippen molar-refractivity contribution in [2.75, 3.05) is 0 Å². The Hall–Kier alpha value is -2.90. The van der Waals surface area contributed by atoms with Gasteiger partial charge in [0.05, 0.1) is 5.56 Å². The molecule has 0 spiro atoms. The highest BCUT2D eigenvalue weighted by molar-refractivity contribution is 5.78. The van der Waals surface area contributed by atoms with Gasteiger partial charge in [0.1, 0.15) is 17.0 Å². The average Bonchev–Trinajstić information content (AvgIpc) is 2.89. The number of rotatable bonds is 3. The number of ether oxygens (including phenoxy) is 1. The molecule has 5 nitrogen and oxygen atoms in total. The number of para-hydroxylation sites is 2. The Balaban J connectivity index is 2.15. The van der Waals surface area contributed by atoms with Crippen molar-refractivity contribution in [3.05, 3.63) is 47.4 Å². The minimum Gasteiger partial charge on any atom is -0.436 e. The van der Waals surface area contributed by atoms with Crippen molar-refractivity contribution < 1.29 is 22.3 Å². The third-order valence-electron chi connectivity index (χ3n) is 2.82. The van der Waals surface area contributed by atoms with Gasteiger partial charge < -0.3 is 9.15 Å². The van der Waals surface area contributed by atoms with E-state index in [9.17, 15) is 18.1 Å². The number of hydrogen-bond acceptors (Lipinski definition) is 5. The maximum Gasteiger partial charge on any atom is 0.573 e. The fourth-order valence-electron chi connectivity index (χ4n) is 1.94. The summed E-state index contributed by atoms with van der Waals surface area (Å²) in [5.41, 5.74) is 0.706. The molecule has 0 atom stereocenters. The summed E-state index contributed by atoms with van der Waals surface area (Å²) in [5, 5.41) is 2.69. The molecule has 0 bridgehead atoms. The highest BCUT2D eigenvalue weighted by Crippen LogP contribution is 2.37. The lowest BCUT2D eigenvalue weighted by atomic mass is 10.2. The highest BCUT2D eigenvalue weighted by Gasteiger charge is 2.33. The standard InChI is InChI=1S/C14H7F3N2O3/c15-14(16,17)22-11-6-5-8(19-20)7-9(11)13-18-10-3-1-2-4-12(10)21-13/h1-7H. The van der Waals surface area contributed by atoms with E-state index in [0.717, 1.165) is 18.2 Å². The topological polar surface area (TPSA) is 64.7 Å². The van der Waals surface area contributed by atoms with Crippen molar-refractivity contribution in [3.8, 4) is 17.2 Å². The Morgan fingerprint density at radius 2 is 1.91 bits per heavy atom. The fraction of sp³-hybridized carbons (Fsp3) is 0.0714. The van der Waals surface area contributed by atoms with Gasteiger partial charge in [0.15, 0.2) is 5.58 Å². The predicted molar refractivity (Wildman–Crippen MR) is 71.6 cm³/mol. The lowest BCUT2D eigenvalue weighted by Gasteiger charge is -2.11. The number of nitroso groups, excluding NO2 is 1. The van der Waals surface area contributed by atoms with E-state index in [2.05, 4.69) is 14.9 Å². The summed E-state index contributed by atoms with van der Waals surface area (Å²) in [6.07, 6.45) is -4.88. The van der Waals surface area contributed by atoms with Gasteiger partial charge in [-0.15, -0.1) is 18.1 Å². The van der Waals surface area contributed by atoms with E-state index in [-0.39, 0.29) is 17.1 Å². The molecule has 8 heteroatoms. The molecule has 0 aliphatic rings. The zero-order valence-electron chi connectivity index (χ0n) is 10.8. The van der Waals surface area contributed by atoms with Crippen LogP contribution in [-0.4, -0.2) is 11.3 Å². The van der Waals surface area contributed by atoms with Gasteiger partial charge >= 0.3 is 6.36 Å². The van der Waals surface area contributed by atoms with E-state index in [0.29, 0.717) is 11.1 Å². The third kappa shape index (κ3) is 2.76. The molecule has 22 heavy (non-hydrogen) atoms. The van der Waals surface area contributed by atoms with Gasteiger partial charge in [-0.3, -0.25) is 0 Å². The van der Waals surface area contributed by atoms with Crippen LogP contribution in [0.4, 0.5) is 18.9 Å². The molecule has 0 aliphatic heterocycles. The summed E-state index contributed by atoms with van der Waals surface area (Å²) < 4.78 is 46.7. The van der Waals surface area contributed by atoms with Crippen molar-refractivity contribution in [1.82, 2.24) is 4.98 Å². The number of fused-ring (bicyclic) bond motifs is 1. The van der Waals surface area contributed by atoms with E-state index in [1.54, 1.807) is 24.3 Å². The Bertz CT molecular complexity index is 810. The van der Waals surface area contributed by atoms with Crippen molar-refractivity contribution in [2.45, 2.75) is 6.36 Å². The summed E-state index contributed by atoms with van der Waals surface area (Å²) in [7, 11) is 0. The van der Waals surface area contributed by atoms with E-state index >= 15 is 0 Å². The summed E-state index contributed by atoms with van der Waals surface area (Å²) in [6, 6.07) is 9.92. The van der Waals surface area contributed by atoms with Crippen LogP contribution in [0.15, 0.2) is 52.1 Å². The lowest BCUT2D eigenvalue weighted by Crippen LogP contribution is -2.17. The number of nitrogens with zero attached hydrogens (tertiary/aromatic N) is 2. The van der Waals surface area contributed by atoms with Crippen LogP contribution in [-0.2, 0) is 0 Å². The molecular formula is C14H7F3N2O3. The zero-order chi connectivity index (χ0) is 15.7. The number of hydrogen-bond donors (Lipinski definition) is 0. The molecule has 0 fully saturated rings. The summed E-state index contributed by atoms with van der Waals surface area (Å²) in [4.78, 5) is 14.7. The van der Waals surface area contributed by atoms with Crippen LogP contribution in [0.25, 0.3) is 22.6 Å². The Labute approximate surface area is 121 Å². The first-order valence-electron chi connectivity index (χ1n) is 6.05. The van der Waals surface area contributed by atoms with Gasteiger partial charge in [-0.1, -0.05) is 12.1 Å². The van der Waals surface area contributed by atoms with Gasteiger partial charge in [0.2, 0.25) is 5.89 Å². The first-order chi connectivity index (χ1) is 10.5. The molecule has 0 radical (unpaired) electrons. The molecule has 1 aromatic heterocycles. The normalized spacial score (nSPS) is 11.6. The number of halogens is 3. The summed E-state index contributed by atoms with van der Waals surface area (Å²) in [5.74, 6) is -0.614. The molecule has 0 saturated heterocycles. The second-order valence-corrected chi connectivity index (χ2v) is 4.31. The molecule has 112 valence electrons. The van der Waals surface area contributed by atoms with Gasteiger partial charge in [0.25, 0.3) is 0 Å². The van der Waals surface area contributed by atoms with Crippen LogP contribution >= 0.6 is 0 Å². The number of aromatic nitrogens is 1. The minimum atomic E-state index is -4.88. The Kier molecular flexibility index (Phi) is 3.28. The number of benzene rings is 2. The monoisotopic (exact) mass is 308 g/mol. The van der Waals surface area contributed by atoms with Crippen molar-refractivity contribution >= 4 is 16.8 Å². The molecule has 0 saturated carbocycles. The maximum absolute atomic E-state index is 12.5. The summed E-state index contributed by atoms with van der Waals surface area (Å²) in [6.45, 7) is 0. The van der Waals surface area contributed by atoms with E-state index in [1.807, 2.05) is 0 Å². The molecule has 0 unspecified atom stereocenters. The Morgan fingerprint density at radius 1 is 1.14 bits per heavy atom. The van der Waals surface area contributed by atoms with Crippen LogP contribution < -0.4 is 4.74 Å². The SMILES string of the molecule is O=Nc1ccc(OC(F)(F)F)c(-c2nc3ccccc3o2)c1. The smallest absolute Gasteiger partial charge is 0.436 e. The molecule has 0 aliphatic carbocycles. The molecule has 3 rings (SSSR count). The lowest BCUT2D eigenvalue weighted by molar-refractivity contribution is -0.274. The highest BCUT2D eigenvalue weighted by atomic mass is 19.4. The van der Waals surface area contributed by atoms with Gasteiger partial charge in [0, 0.05) is 0 Å². The van der Waals surface area contributed by atoms with E-state index in [4.69, 9.17) is 4.42 Å². The first-order valence-corrected chi connectivity index (χ1v) is 6.05. The van der Waals surface area contributed by atoms with Gasteiger partial charge in [-0.05, 0) is 35.5 Å². The quantitative estimate of drug-likeness (QED) is 0.652. The second kappa shape index (κ2) is 5.14. The van der Waals surface area contributed by atoms with Gasteiger partial charge in [-0.25, -0.2) is 4.98 Å². The molecule has 3 aromatic rings. The minimum absolute atomic E-state index is 0.0632. The number of alkyl halides is 3. The molecule has 1 heterocycles. The summed E-state index contributed by atoms with van der Waals surface area (Å²) >= 11 is 0. The zero-order valence-corrected chi connectivity index (χ0v) is 10.8. The average molecular weight is 308 g/mol. The van der Waals surface area contributed by atoms with Crippen molar-refractivity contribution in [2.24, 2.45) is 5.18 Å².